The standard InChI is InChI=1S/C18H15Cl3N4O/c1-11-8-14(9-22-18(11)25-10-23-16(20)17(25)21)24-15(26)7-4-12-2-5-13(19)6-3-12/h2-3,5-6,8-10H,4,7H2,1H3,(H,24,26). The zero-order chi connectivity index (χ0) is 18.7. The van der Waals surface area contributed by atoms with Gasteiger partial charge in [0.15, 0.2) is 10.3 Å². The van der Waals surface area contributed by atoms with Gasteiger partial charge in [0, 0.05) is 11.4 Å². The number of halogens is 3. The van der Waals surface area contributed by atoms with Crippen molar-refractivity contribution < 1.29 is 4.79 Å². The lowest BCUT2D eigenvalue weighted by Gasteiger charge is -2.10. The van der Waals surface area contributed by atoms with Crippen LogP contribution >= 0.6 is 34.8 Å². The summed E-state index contributed by atoms with van der Waals surface area (Å²) in [6, 6.07) is 9.28. The van der Waals surface area contributed by atoms with Crippen LogP contribution in [0.3, 0.4) is 0 Å². The molecule has 2 aromatic heterocycles. The number of aryl methyl sites for hydroxylation is 2. The van der Waals surface area contributed by atoms with Gasteiger partial charge in [-0.2, -0.15) is 0 Å². The molecule has 26 heavy (non-hydrogen) atoms. The summed E-state index contributed by atoms with van der Waals surface area (Å²) in [5.41, 5.74) is 2.51. The van der Waals surface area contributed by atoms with Crippen LogP contribution in [-0.2, 0) is 11.2 Å². The highest BCUT2D eigenvalue weighted by atomic mass is 35.5. The molecule has 0 fully saturated rings. The number of rotatable bonds is 5. The van der Waals surface area contributed by atoms with Crippen molar-refractivity contribution in [3.8, 4) is 5.82 Å². The van der Waals surface area contributed by atoms with E-state index >= 15 is 0 Å². The predicted octanol–water partition coefficient (Wildman–Crippen LogP) is 5.11. The first-order valence-corrected chi connectivity index (χ1v) is 8.97. The largest absolute Gasteiger partial charge is 0.325 e. The molecule has 3 rings (SSSR count). The molecule has 2 heterocycles. The lowest BCUT2D eigenvalue weighted by Crippen LogP contribution is -2.13. The first kappa shape index (κ1) is 18.7. The Morgan fingerprint density at radius 3 is 2.50 bits per heavy atom. The quantitative estimate of drug-likeness (QED) is 0.637. The van der Waals surface area contributed by atoms with E-state index in [2.05, 4.69) is 15.3 Å². The molecular weight excluding hydrogens is 395 g/mol. The van der Waals surface area contributed by atoms with Crippen molar-refractivity contribution >= 4 is 46.4 Å². The van der Waals surface area contributed by atoms with Gasteiger partial charge in [-0.1, -0.05) is 46.9 Å². The Labute approximate surface area is 165 Å². The van der Waals surface area contributed by atoms with Crippen LogP contribution in [0.25, 0.3) is 5.82 Å². The van der Waals surface area contributed by atoms with E-state index in [1.807, 2.05) is 37.3 Å². The lowest BCUT2D eigenvalue weighted by atomic mass is 10.1. The molecule has 0 aliphatic rings. The van der Waals surface area contributed by atoms with Gasteiger partial charge in [-0.15, -0.1) is 0 Å². The summed E-state index contributed by atoms with van der Waals surface area (Å²) in [5, 5.41) is 4.04. The zero-order valence-electron chi connectivity index (χ0n) is 13.8. The van der Waals surface area contributed by atoms with Crippen LogP contribution in [0.2, 0.25) is 15.3 Å². The van der Waals surface area contributed by atoms with E-state index in [0.717, 1.165) is 11.1 Å². The van der Waals surface area contributed by atoms with Gasteiger partial charge in [-0.05, 0) is 42.7 Å². The number of nitrogens with zero attached hydrogens (tertiary/aromatic N) is 3. The van der Waals surface area contributed by atoms with Crippen molar-refractivity contribution in [2.45, 2.75) is 19.8 Å². The number of pyridine rings is 1. The van der Waals surface area contributed by atoms with E-state index in [9.17, 15) is 4.79 Å². The molecule has 3 aromatic rings. The van der Waals surface area contributed by atoms with Crippen LogP contribution in [0.15, 0.2) is 42.9 Å². The molecule has 0 radical (unpaired) electrons. The Balaban J connectivity index is 1.64. The van der Waals surface area contributed by atoms with Gasteiger partial charge in [0.25, 0.3) is 0 Å². The summed E-state index contributed by atoms with van der Waals surface area (Å²) in [7, 11) is 0. The highest BCUT2D eigenvalue weighted by Gasteiger charge is 2.12. The Kier molecular flexibility index (Phi) is 5.81. The van der Waals surface area contributed by atoms with Crippen LogP contribution in [0, 0.1) is 6.92 Å². The van der Waals surface area contributed by atoms with Crippen molar-refractivity contribution in [1.29, 1.82) is 0 Å². The van der Waals surface area contributed by atoms with E-state index in [-0.39, 0.29) is 11.1 Å². The lowest BCUT2D eigenvalue weighted by molar-refractivity contribution is -0.116. The van der Waals surface area contributed by atoms with Crippen molar-refractivity contribution in [2.24, 2.45) is 0 Å². The second-order valence-electron chi connectivity index (χ2n) is 5.74. The van der Waals surface area contributed by atoms with E-state index in [1.54, 1.807) is 10.8 Å². The van der Waals surface area contributed by atoms with Crippen molar-refractivity contribution in [1.82, 2.24) is 14.5 Å². The third kappa shape index (κ3) is 4.36. The maximum atomic E-state index is 12.2. The van der Waals surface area contributed by atoms with Crippen LogP contribution in [-0.4, -0.2) is 20.4 Å². The fourth-order valence-electron chi connectivity index (χ4n) is 2.48. The Morgan fingerprint density at radius 1 is 1.15 bits per heavy atom. The van der Waals surface area contributed by atoms with Crippen molar-refractivity contribution in [2.75, 3.05) is 5.32 Å². The molecule has 0 bridgehead atoms. The first-order chi connectivity index (χ1) is 12.4. The third-order valence-corrected chi connectivity index (χ3v) is 4.77. The molecule has 0 aliphatic carbocycles. The Hall–Kier alpha value is -2.08. The van der Waals surface area contributed by atoms with Gasteiger partial charge in [-0.3, -0.25) is 9.36 Å². The average Bonchev–Trinajstić information content (AvgIpc) is 2.94. The highest BCUT2D eigenvalue weighted by molar-refractivity contribution is 6.40. The highest BCUT2D eigenvalue weighted by Crippen LogP contribution is 2.25. The number of imidazole rings is 1. The molecule has 134 valence electrons. The van der Waals surface area contributed by atoms with E-state index < -0.39 is 0 Å². The number of aromatic nitrogens is 3. The molecule has 0 unspecified atom stereocenters. The smallest absolute Gasteiger partial charge is 0.224 e. The summed E-state index contributed by atoms with van der Waals surface area (Å²) < 4.78 is 1.59. The van der Waals surface area contributed by atoms with Crippen LogP contribution in [0.5, 0.6) is 0 Å². The van der Waals surface area contributed by atoms with Gasteiger partial charge >= 0.3 is 0 Å². The summed E-state index contributed by atoms with van der Waals surface area (Å²) in [6.45, 7) is 1.87. The normalized spacial score (nSPS) is 10.8. The minimum Gasteiger partial charge on any atom is -0.325 e. The minimum absolute atomic E-state index is 0.0855. The Bertz CT molecular complexity index is 938. The van der Waals surface area contributed by atoms with Gasteiger partial charge < -0.3 is 5.32 Å². The molecule has 0 saturated heterocycles. The number of nitrogens with one attached hydrogen (secondary N) is 1. The average molecular weight is 410 g/mol. The number of amides is 1. The van der Waals surface area contributed by atoms with Crippen LogP contribution < -0.4 is 5.32 Å². The Morgan fingerprint density at radius 2 is 1.88 bits per heavy atom. The fraction of sp³-hybridized carbons (Fsp3) is 0.167. The number of carbonyl (C=O) groups is 1. The predicted molar refractivity (Wildman–Crippen MR) is 105 cm³/mol. The van der Waals surface area contributed by atoms with Gasteiger partial charge in [0.2, 0.25) is 5.91 Å². The van der Waals surface area contributed by atoms with E-state index in [4.69, 9.17) is 34.8 Å². The van der Waals surface area contributed by atoms with Crippen LogP contribution in [0.4, 0.5) is 5.69 Å². The fourth-order valence-corrected chi connectivity index (χ4v) is 2.91. The maximum Gasteiger partial charge on any atom is 0.224 e. The molecule has 0 atom stereocenters. The van der Waals surface area contributed by atoms with Gasteiger partial charge in [-0.25, -0.2) is 9.97 Å². The monoisotopic (exact) mass is 408 g/mol. The summed E-state index contributed by atoms with van der Waals surface area (Å²) in [5.74, 6) is 0.520. The number of hydrogen-bond donors (Lipinski definition) is 1. The third-order valence-electron chi connectivity index (χ3n) is 3.78. The topological polar surface area (TPSA) is 59.8 Å². The molecular formula is C18H15Cl3N4O. The second-order valence-corrected chi connectivity index (χ2v) is 6.89. The number of carbonyl (C=O) groups excluding carboxylic acids is 1. The summed E-state index contributed by atoms with van der Waals surface area (Å²) >= 11 is 17.8. The SMILES string of the molecule is Cc1cc(NC(=O)CCc2ccc(Cl)cc2)cnc1-n1cnc(Cl)c1Cl. The number of benzene rings is 1. The van der Waals surface area contributed by atoms with E-state index in [0.29, 0.717) is 34.5 Å². The molecule has 0 spiro atoms. The second kappa shape index (κ2) is 8.08. The van der Waals surface area contributed by atoms with Crippen LogP contribution in [0.1, 0.15) is 17.5 Å². The summed E-state index contributed by atoms with van der Waals surface area (Å²) in [4.78, 5) is 20.5. The molecule has 1 N–H and O–H groups in total. The molecule has 0 aliphatic heterocycles. The maximum absolute atomic E-state index is 12.2. The molecule has 1 amide bonds. The molecule has 8 heteroatoms. The van der Waals surface area contributed by atoms with Crippen molar-refractivity contribution in [3.63, 3.8) is 0 Å². The molecule has 5 nitrogen and oxygen atoms in total. The number of anilines is 1. The van der Waals surface area contributed by atoms with E-state index in [1.165, 1.54) is 6.33 Å². The zero-order valence-corrected chi connectivity index (χ0v) is 16.1. The minimum atomic E-state index is -0.0855. The molecule has 0 saturated carbocycles. The van der Waals surface area contributed by atoms with Gasteiger partial charge in [0.05, 0.1) is 11.9 Å². The van der Waals surface area contributed by atoms with Crippen molar-refractivity contribution in [3.05, 3.63) is 69.3 Å². The number of hydrogen-bond acceptors (Lipinski definition) is 3. The first-order valence-electron chi connectivity index (χ1n) is 7.83. The molecule has 1 aromatic carbocycles. The van der Waals surface area contributed by atoms with Gasteiger partial charge in [0.1, 0.15) is 12.1 Å². The summed E-state index contributed by atoms with van der Waals surface area (Å²) in [6.07, 6.45) is 4.08.